The molecular weight excluding hydrogens is 276 g/mol. The molecule has 6 nitrogen and oxygen atoms in total. The van der Waals surface area contributed by atoms with Crippen molar-refractivity contribution in [3.05, 3.63) is 0 Å². The van der Waals surface area contributed by atoms with E-state index in [1.54, 1.807) is 7.05 Å². The summed E-state index contributed by atoms with van der Waals surface area (Å²) in [6.45, 7) is 4.46. The van der Waals surface area contributed by atoms with Crippen molar-refractivity contribution in [2.24, 2.45) is 4.99 Å². The summed E-state index contributed by atoms with van der Waals surface area (Å²) in [5.74, 6) is 1.23. The van der Waals surface area contributed by atoms with E-state index in [1.807, 2.05) is 0 Å². The number of aliphatic imine (C=N–C) groups is 1. The molecule has 0 aromatic carbocycles. The molecule has 2 N–H and O–H groups in total. The summed E-state index contributed by atoms with van der Waals surface area (Å²) >= 11 is 0. The molecular formula is C13H26N4O2S. The topological polar surface area (TPSA) is 73.8 Å². The summed E-state index contributed by atoms with van der Waals surface area (Å²) in [4.78, 5) is 6.64. The Bertz CT molecular complexity index is 430. The van der Waals surface area contributed by atoms with Crippen LogP contribution in [-0.2, 0) is 9.84 Å². The summed E-state index contributed by atoms with van der Waals surface area (Å²) < 4.78 is 22.8. The van der Waals surface area contributed by atoms with Gasteiger partial charge in [0.2, 0.25) is 0 Å². The molecule has 2 heterocycles. The smallest absolute Gasteiger partial charge is 0.191 e. The Kier molecular flexibility index (Phi) is 5.65. The molecule has 0 radical (unpaired) electrons. The lowest BCUT2D eigenvalue weighted by molar-refractivity contribution is 0.334. The predicted molar refractivity (Wildman–Crippen MR) is 81.8 cm³/mol. The van der Waals surface area contributed by atoms with Gasteiger partial charge in [0, 0.05) is 19.6 Å². The summed E-state index contributed by atoms with van der Waals surface area (Å²) in [5, 5.41) is 6.46. The third-order valence-electron chi connectivity index (χ3n) is 3.94. The second-order valence-corrected chi connectivity index (χ2v) is 7.87. The van der Waals surface area contributed by atoms with Crippen molar-refractivity contribution in [2.45, 2.75) is 31.7 Å². The highest BCUT2D eigenvalue weighted by Crippen LogP contribution is 2.11. The Hall–Kier alpha value is -0.820. The SMILES string of the molecule is CN=C(NCCCN1CCCC1)NC1CCS(=O)(=O)C1. The van der Waals surface area contributed by atoms with E-state index in [-0.39, 0.29) is 17.5 Å². The van der Waals surface area contributed by atoms with Crippen LogP contribution in [0.4, 0.5) is 0 Å². The van der Waals surface area contributed by atoms with Crippen LogP contribution in [0.5, 0.6) is 0 Å². The number of hydrogen-bond acceptors (Lipinski definition) is 4. The first-order valence-electron chi connectivity index (χ1n) is 7.49. The van der Waals surface area contributed by atoms with Crippen molar-refractivity contribution < 1.29 is 8.42 Å². The summed E-state index contributed by atoms with van der Waals surface area (Å²) in [6.07, 6.45) is 4.42. The third kappa shape index (κ3) is 4.94. The number of guanidine groups is 1. The molecule has 2 aliphatic heterocycles. The molecule has 0 aromatic heterocycles. The minimum absolute atomic E-state index is 0.00443. The Morgan fingerprint density at radius 1 is 1.35 bits per heavy atom. The zero-order valence-corrected chi connectivity index (χ0v) is 13.1. The van der Waals surface area contributed by atoms with Crippen molar-refractivity contribution in [3.63, 3.8) is 0 Å². The molecule has 0 bridgehead atoms. The van der Waals surface area contributed by atoms with Gasteiger partial charge in [0.05, 0.1) is 11.5 Å². The lowest BCUT2D eigenvalue weighted by atomic mass is 10.3. The van der Waals surface area contributed by atoms with E-state index in [9.17, 15) is 8.42 Å². The van der Waals surface area contributed by atoms with Gasteiger partial charge in [0.1, 0.15) is 0 Å². The van der Waals surface area contributed by atoms with Crippen LogP contribution in [0.1, 0.15) is 25.7 Å². The minimum Gasteiger partial charge on any atom is -0.356 e. The van der Waals surface area contributed by atoms with Crippen LogP contribution in [0.25, 0.3) is 0 Å². The van der Waals surface area contributed by atoms with E-state index in [0.717, 1.165) is 19.5 Å². The maximum absolute atomic E-state index is 11.4. The molecule has 2 rings (SSSR count). The molecule has 0 aliphatic carbocycles. The monoisotopic (exact) mass is 302 g/mol. The van der Waals surface area contributed by atoms with Gasteiger partial charge >= 0.3 is 0 Å². The fourth-order valence-electron chi connectivity index (χ4n) is 2.81. The lowest BCUT2D eigenvalue weighted by Crippen LogP contribution is -2.44. The van der Waals surface area contributed by atoms with E-state index in [2.05, 4.69) is 20.5 Å². The molecule has 7 heteroatoms. The average molecular weight is 302 g/mol. The Balaban J connectivity index is 1.62. The number of hydrogen-bond donors (Lipinski definition) is 2. The lowest BCUT2D eigenvalue weighted by Gasteiger charge is -2.18. The van der Waals surface area contributed by atoms with Gasteiger partial charge in [-0.15, -0.1) is 0 Å². The molecule has 1 atom stereocenters. The summed E-state index contributed by atoms with van der Waals surface area (Å²) in [6, 6.07) is 0.00443. The van der Waals surface area contributed by atoms with Crippen LogP contribution in [-0.4, -0.2) is 70.1 Å². The first-order valence-corrected chi connectivity index (χ1v) is 9.31. The molecule has 20 heavy (non-hydrogen) atoms. The van der Waals surface area contributed by atoms with Crippen LogP contribution in [0, 0.1) is 0 Å². The second kappa shape index (κ2) is 7.26. The maximum atomic E-state index is 11.4. The van der Waals surface area contributed by atoms with E-state index >= 15 is 0 Å². The number of nitrogens with one attached hydrogen (secondary N) is 2. The van der Waals surface area contributed by atoms with Gasteiger partial charge < -0.3 is 15.5 Å². The minimum atomic E-state index is -2.84. The van der Waals surface area contributed by atoms with Gasteiger partial charge in [-0.3, -0.25) is 4.99 Å². The van der Waals surface area contributed by atoms with Gasteiger partial charge in [0.25, 0.3) is 0 Å². The highest BCUT2D eigenvalue weighted by Gasteiger charge is 2.28. The van der Waals surface area contributed by atoms with E-state index < -0.39 is 9.84 Å². The Morgan fingerprint density at radius 3 is 2.70 bits per heavy atom. The van der Waals surface area contributed by atoms with Crippen LogP contribution in [0.15, 0.2) is 4.99 Å². The molecule has 2 aliphatic rings. The number of likely N-dealkylation sites (tertiary alicyclic amines) is 1. The molecule has 0 aromatic rings. The first kappa shape index (κ1) is 15.6. The van der Waals surface area contributed by atoms with Gasteiger partial charge in [-0.25, -0.2) is 8.42 Å². The normalized spacial score (nSPS) is 26.9. The number of sulfone groups is 1. The summed E-state index contributed by atoms with van der Waals surface area (Å²) in [7, 11) is -1.12. The highest BCUT2D eigenvalue weighted by atomic mass is 32.2. The molecule has 0 saturated carbocycles. The van der Waals surface area contributed by atoms with E-state index in [0.29, 0.717) is 12.4 Å². The standard InChI is InChI=1S/C13H26N4O2S/c1-14-13(16-12-5-10-20(18,19)11-12)15-6-4-9-17-7-2-3-8-17/h12H,2-11H2,1H3,(H2,14,15,16). The number of rotatable bonds is 5. The molecule has 2 saturated heterocycles. The van der Waals surface area contributed by atoms with Gasteiger partial charge in [-0.1, -0.05) is 0 Å². The Morgan fingerprint density at radius 2 is 2.10 bits per heavy atom. The summed E-state index contributed by atoms with van der Waals surface area (Å²) in [5.41, 5.74) is 0. The molecule has 2 fully saturated rings. The van der Waals surface area contributed by atoms with Crippen molar-refractivity contribution in [1.82, 2.24) is 15.5 Å². The largest absolute Gasteiger partial charge is 0.356 e. The first-order chi connectivity index (χ1) is 9.59. The van der Waals surface area contributed by atoms with Crippen LogP contribution < -0.4 is 10.6 Å². The molecule has 0 amide bonds. The van der Waals surface area contributed by atoms with E-state index in [4.69, 9.17) is 0 Å². The zero-order valence-electron chi connectivity index (χ0n) is 12.3. The Labute approximate surface area is 121 Å². The fourth-order valence-corrected chi connectivity index (χ4v) is 4.49. The van der Waals surface area contributed by atoms with Crippen LogP contribution in [0.3, 0.4) is 0 Å². The van der Waals surface area contributed by atoms with Crippen LogP contribution in [0.2, 0.25) is 0 Å². The van der Waals surface area contributed by atoms with Crippen LogP contribution >= 0.6 is 0 Å². The van der Waals surface area contributed by atoms with Gasteiger partial charge in [0.15, 0.2) is 15.8 Å². The van der Waals surface area contributed by atoms with Gasteiger partial charge in [-0.05, 0) is 45.3 Å². The highest BCUT2D eigenvalue weighted by molar-refractivity contribution is 7.91. The van der Waals surface area contributed by atoms with Crippen molar-refractivity contribution in [1.29, 1.82) is 0 Å². The third-order valence-corrected chi connectivity index (χ3v) is 5.71. The quantitative estimate of drug-likeness (QED) is 0.419. The zero-order chi connectivity index (χ0) is 14.4. The fraction of sp³-hybridized carbons (Fsp3) is 0.923. The van der Waals surface area contributed by atoms with Gasteiger partial charge in [-0.2, -0.15) is 0 Å². The molecule has 0 spiro atoms. The second-order valence-electron chi connectivity index (χ2n) is 5.65. The molecule has 116 valence electrons. The number of nitrogens with zero attached hydrogens (tertiary/aromatic N) is 2. The van der Waals surface area contributed by atoms with Crippen molar-refractivity contribution in [2.75, 3.05) is 44.7 Å². The molecule has 1 unspecified atom stereocenters. The van der Waals surface area contributed by atoms with E-state index in [1.165, 1.54) is 25.9 Å². The van der Waals surface area contributed by atoms with Crippen molar-refractivity contribution in [3.8, 4) is 0 Å². The predicted octanol–water partition coefficient (Wildman–Crippen LogP) is -0.176. The van der Waals surface area contributed by atoms with Crippen molar-refractivity contribution >= 4 is 15.8 Å². The maximum Gasteiger partial charge on any atom is 0.191 e. The average Bonchev–Trinajstić information content (AvgIpc) is 3.02.